The fraction of sp³-hybridized carbons (Fsp3) is 0.889. The molecule has 4 heteroatoms. The van der Waals surface area contributed by atoms with Gasteiger partial charge >= 0.3 is 0 Å². The van der Waals surface area contributed by atoms with E-state index in [0.717, 1.165) is 26.1 Å². The highest BCUT2D eigenvalue weighted by atomic mass is 16.5. The standard InChI is InChI=1S/C9H16N2O2/c1-9(5-8(12)10-11-9)4-7-2-3-13-6-7/h7,11H,2-6H2,1H3,(H,10,12). The molecule has 2 aliphatic heterocycles. The van der Waals surface area contributed by atoms with Gasteiger partial charge in [0, 0.05) is 25.2 Å². The van der Waals surface area contributed by atoms with E-state index in [1.165, 1.54) is 0 Å². The second-order valence-corrected chi connectivity index (χ2v) is 4.34. The summed E-state index contributed by atoms with van der Waals surface area (Å²) in [5.41, 5.74) is 5.65. The minimum Gasteiger partial charge on any atom is -0.381 e. The Morgan fingerprint density at radius 1 is 1.69 bits per heavy atom. The van der Waals surface area contributed by atoms with Crippen molar-refractivity contribution in [2.75, 3.05) is 13.2 Å². The fourth-order valence-electron chi connectivity index (χ4n) is 2.17. The molecule has 4 nitrogen and oxygen atoms in total. The molecule has 0 saturated carbocycles. The minimum absolute atomic E-state index is 0.0601. The van der Waals surface area contributed by atoms with Crippen LogP contribution in [0.2, 0.25) is 0 Å². The maximum Gasteiger partial charge on any atom is 0.236 e. The zero-order valence-electron chi connectivity index (χ0n) is 7.93. The molecular formula is C9H16N2O2. The van der Waals surface area contributed by atoms with Crippen LogP contribution in [0.3, 0.4) is 0 Å². The van der Waals surface area contributed by atoms with Crippen LogP contribution in [0.25, 0.3) is 0 Å². The Balaban J connectivity index is 1.88. The SMILES string of the molecule is CC1(CC2CCOC2)CC(=O)NN1. The molecule has 2 aliphatic rings. The predicted octanol–water partition coefficient (Wildman–Crippen LogP) is 0.196. The van der Waals surface area contributed by atoms with Crippen molar-refractivity contribution in [1.82, 2.24) is 10.9 Å². The van der Waals surface area contributed by atoms with Crippen molar-refractivity contribution in [3.8, 4) is 0 Å². The Morgan fingerprint density at radius 2 is 2.54 bits per heavy atom. The third-order valence-corrected chi connectivity index (χ3v) is 2.82. The van der Waals surface area contributed by atoms with Crippen LogP contribution < -0.4 is 10.9 Å². The minimum atomic E-state index is -0.0601. The summed E-state index contributed by atoms with van der Waals surface area (Å²) in [6.07, 6.45) is 2.74. The van der Waals surface area contributed by atoms with Gasteiger partial charge in [-0.25, -0.2) is 5.43 Å². The van der Waals surface area contributed by atoms with E-state index >= 15 is 0 Å². The average Bonchev–Trinajstić information content (AvgIpc) is 2.62. The Labute approximate surface area is 78.0 Å². The molecule has 2 saturated heterocycles. The molecule has 74 valence electrons. The highest BCUT2D eigenvalue weighted by Gasteiger charge is 2.36. The molecule has 2 N–H and O–H groups in total. The van der Waals surface area contributed by atoms with Gasteiger partial charge in [0.2, 0.25) is 5.91 Å². The van der Waals surface area contributed by atoms with Crippen molar-refractivity contribution in [2.24, 2.45) is 5.92 Å². The van der Waals surface area contributed by atoms with Gasteiger partial charge in [0.1, 0.15) is 0 Å². The summed E-state index contributed by atoms with van der Waals surface area (Å²) < 4.78 is 5.31. The number of nitrogens with one attached hydrogen (secondary N) is 2. The molecule has 2 rings (SSSR count). The van der Waals surface area contributed by atoms with Crippen LogP contribution in [0.15, 0.2) is 0 Å². The highest BCUT2D eigenvalue weighted by Crippen LogP contribution is 2.27. The lowest BCUT2D eigenvalue weighted by Crippen LogP contribution is -2.42. The number of hydrogen-bond donors (Lipinski definition) is 2. The topological polar surface area (TPSA) is 50.4 Å². The van der Waals surface area contributed by atoms with E-state index < -0.39 is 0 Å². The molecule has 0 aromatic rings. The van der Waals surface area contributed by atoms with Crippen LogP contribution in [0.5, 0.6) is 0 Å². The van der Waals surface area contributed by atoms with E-state index in [0.29, 0.717) is 12.3 Å². The van der Waals surface area contributed by atoms with Gasteiger partial charge in [-0.05, 0) is 25.7 Å². The molecule has 2 unspecified atom stereocenters. The molecule has 0 aromatic carbocycles. The first-order chi connectivity index (χ1) is 6.18. The van der Waals surface area contributed by atoms with Crippen LogP contribution >= 0.6 is 0 Å². The van der Waals surface area contributed by atoms with Crippen molar-refractivity contribution in [3.63, 3.8) is 0 Å². The van der Waals surface area contributed by atoms with Crippen LogP contribution in [0.4, 0.5) is 0 Å². The zero-order valence-corrected chi connectivity index (χ0v) is 7.93. The van der Waals surface area contributed by atoms with Gasteiger partial charge < -0.3 is 4.74 Å². The molecule has 0 bridgehead atoms. The maximum absolute atomic E-state index is 11.0. The number of hydrazine groups is 1. The highest BCUT2D eigenvalue weighted by molar-refractivity contribution is 5.78. The maximum atomic E-state index is 11.0. The third-order valence-electron chi connectivity index (χ3n) is 2.82. The molecule has 2 fully saturated rings. The van der Waals surface area contributed by atoms with Gasteiger partial charge in [-0.2, -0.15) is 0 Å². The van der Waals surface area contributed by atoms with Crippen molar-refractivity contribution in [3.05, 3.63) is 0 Å². The Morgan fingerprint density at radius 3 is 3.08 bits per heavy atom. The number of rotatable bonds is 2. The lowest BCUT2D eigenvalue weighted by atomic mass is 9.87. The molecule has 0 aromatic heterocycles. The van der Waals surface area contributed by atoms with E-state index in [-0.39, 0.29) is 11.4 Å². The van der Waals surface area contributed by atoms with Crippen molar-refractivity contribution >= 4 is 5.91 Å². The number of amides is 1. The van der Waals surface area contributed by atoms with Crippen LogP contribution in [0, 0.1) is 5.92 Å². The van der Waals surface area contributed by atoms with Crippen LogP contribution in [-0.2, 0) is 9.53 Å². The van der Waals surface area contributed by atoms with Gasteiger partial charge in [0.15, 0.2) is 0 Å². The second-order valence-electron chi connectivity index (χ2n) is 4.34. The number of carbonyl (C=O) groups excluding carboxylic acids is 1. The van der Waals surface area contributed by atoms with Gasteiger partial charge in [-0.15, -0.1) is 0 Å². The fourth-order valence-corrected chi connectivity index (χ4v) is 2.17. The first kappa shape index (κ1) is 8.97. The predicted molar refractivity (Wildman–Crippen MR) is 47.8 cm³/mol. The monoisotopic (exact) mass is 184 g/mol. The average molecular weight is 184 g/mol. The van der Waals surface area contributed by atoms with Crippen molar-refractivity contribution in [2.45, 2.75) is 31.7 Å². The lowest BCUT2D eigenvalue weighted by molar-refractivity contribution is -0.119. The largest absolute Gasteiger partial charge is 0.381 e. The molecule has 13 heavy (non-hydrogen) atoms. The number of carbonyl (C=O) groups is 1. The Hall–Kier alpha value is -0.610. The van der Waals surface area contributed by atoms with Gasteiger partial charge in [-0.1, -0.05) is 0 Å². The molecule has 0 spiro atoms. The summed E-state index contributed by atoms with van der Waals surface area (Å²) in [6.45, 7) is 3.82. The summed E-state index contributed by atoms with van der Waals surface area (Å²) >= 11 is 0. The van der Waals surface area contributed by atoms with Gasteiger partial charge in [0.05, 0.1) is 0 Å². The molecular weight excluding hydrogens is 168 g/mol. The molecule has 2 atom stereocenters. The quantitative estimate of drug-likeness (QED) is 0.644. The summed E-state index contributed by atoms with van der Waals surface area (Å²) in [5.74, 6) is 0.714. The molecule has 0 radical (unpaired) electrons. The number of hydrogen-bond acceptors (Lipinski definition) is 3. The summed E-state index contributed by atoms with van der Waals surface area (Å²) in [7, 11) is 0. The lowest BCUT2D eigenvalue weighted by Gasteiger charge is -2.24. The van der Waals surface area contributed by atoms with Gasteiger partial charge in [0.25, 0.3) is 0 Å². The number of ether oxygens (including phenoxy) is 1. The third kappa shape index (κ3) is 2.00. The van der Waals surface area contributed by atoms with E-state index in [2.05, 4.69) is 17.8 Å². The smallest absolute Gasteiger partial charge is 0.236 e. The van der Waals surface area contributed by atoms with Gasteiger partial charge in [-0.3, -0.25) is 10.2 Å². The van der Waals surface area contributed by atoms with Crippen LogP contribution in [-0.4, -0.2) is 24.7 Å². The summed E-state index contributed by atoms with van der Waals surface area (Å²) in [4.78, 5) is 11.0. The molecule has 2 heterocycles. The van der Waals surface area contributed by atoms with E-state index in [1.807, 2.05) is 0 Å². The first-order valence-corrected chi connectivity index (χ1v) is 4.82. The van der Waals surface area contributed by atoms with Crippen molar-refractivity contribution in [1.29, 1.82) is 0 Å². The van der Waals surface area contributed by atoms with E-state index in [4.69, 9.17) is 4.74 Å². The summed E-state index contributed by atoms with van der Waals surface area (Å²) in [5, 5.41) is 0. The van der Waals surface area contributed by atoms with E-state index in [9.17, 15) is 4.79 Å². The van der Waals surface area contributed by atoms with Crippen molar-refractivity contribution < 1.29 is 9.53 Å². The molecule has 1 amide bonds. The Bertz CT molecular complexity index is 214. The Kier molecular flexibility index (Phi) is 2.26. The molecule has 0 aliphatic carbocycles. The van der Waals surface area contributed by atoms with Crippen LogP contribution in [0.1, 0.15) is 26.2 Å². The second kappa shape index (κ2) is 3.27. The van der Waals surface area contributed by atoms with E-state index in [1.54, 1.807) is 0 Å². The summed E-state index contributed by atoms with van der Waals surface area (Å²) in [6, 6.07) is 0. The first-order valence-electron chi connectivity index (χ1n) is 4.82. The normalized spacial score (nSPS) is 39.5. The zero-order chi connectivity index (χ0) is 9.31.